The van der Waals surface area contributed by atoms with Crippen molar-refractivity contribution in [1.82, 2.24) is 15.5 Å². The first kappa shape index (κ1) is 11.7. The van der Waals surface area contributed by atoms with Gasteiger partial charge < -0.3 is 10.4 Å². The Morgan fingerprint density at radius 1 is 1.67 bits per heavy atom. The minimum Gasteiger partial charge on any atom is -0.396 e. The number of hydrogen-bond donors (Lipinski definition) is 3. The minimum absolute atomic E-state index is 0.0668. The topological polar surface area (TPSA) is 78.0 Å². The summed E-state index contributed by atoms with van der Waals surface area (Å²) in [6.07, 6.45) is 2.44. The lowest BCUT2D eigenvalue weighted by Crippen LogP contribution is -2.44. The molecule has 0 atom stereocenters. The standard InChI is InChI=1S/C10H17N3O2/c1-10(2,4-6-14)12-9(15)7-8-3-5-11-13-8/h3,5,14H,4,6-7H2,1-2H3,(H,11,13)(H,12,15). The van der Waals surface area contributed by atoms with E-state index in [0.717, 1.165) is 5.69 Å². The highest BCUT2D eigenvalue weighted by atomic mass is 16.3. The maximum absolute atomic E-state index is 11.6. The summed E-state index contributed by atoms with van der Waals surface area (Å²) in [7, 11) is 0. The van der Waals surface area contributed by atoms with Crippen LogP contribution in [0, 0.1) is 0 Å². The van der Waals surface area contributed by atoms with E-state index in [2.05, 4.69) is 15.5 Å². The highest BCUT2D eigenvalue weighted by Crippen LogP contribution is 2.07. The molecule has 5 heteroatoms. The highest BCUT2D eigenvalue weighted by Gasteiger charge is 2.19. The summed E-state index contributed by atoms with van der Waals surface area (Å²) in [5.41, 5.74) is 0.415. The van der Waals surface area contributed by atoms with Gasteiger partial charge in [0, 0.05) is 24.0 Å². The monoisotopic (exact) mass is 211 g/mol. The van der Waals surface area contributed by atoms with Gasteiger partial charge in [0.1, 0.15) is 0 Å². The molecule has 0 radical (unpaired) electrons. The number of hydrogen-bond acceptors (Lipinski definition) is 3. The van der Waals surface area contributed by atoms with Crippen LogP contribution in [0.25, 0.3) is 0 Å². The quantitative estimate of drug-likeness (QED) is 0.652. The summed E-state index contributed by atoms with van der Waals surface area (Å²) in [5, 5.41) is 18.1. The Kier molecular flexibility index (Phi) is 3.85. The van der Waals surface area contributed by atoms with Crippen molar-refractivity contribution in [2.75, 3.05) is 6.61 Å². The number of carbonyl (C=O) groups excluding carboxylic acids is 1. The Hall–Kier alpha value is -1.36. The molecule has 0 fully saturated rings. The van der Waals surface area contributed by atoms with Crippen molar-refractivity contribution < 1.29 is 9.90 Å². The van der Waals surface area contributed by atoms with Gasteiger partial charge in [0.05, 0.1) is 6.42 Å². The van der Waals surface area contributed by atoms with Gasteiger partial charge in [-0.25, -0.2) is 0 Å². The van der Waals surface area contributed by atoms with Gasteiger partial charge in [-0.15, -0.1) is 0 Å². The van der Waals surface area contributed by atoms with Crippen molar-refractivity contribution in [3.63, 3.8) is 0 Å². The van der Waals surface area contributed by atoms with Gasteiger partial charge in [0.25, 0.3) is 0 Å². The summed E-state index contributed by atoms with van der Waals surface area (Å²) >= 11 is 0. The number of nitrogens with one attached hydrogen (secondary N) is 2. The van der Waals surface area contributed by atoms with E-state index in [-0.39, 0.29) is 24.5 Å². The molecule has 1 aromatic heterocycles. The molecule has 0 spiro atoms. The van der Waals surface area contributed by atoms with Crippen molar-refractivity contribution in [3.05, 3.63) is 18.0 Å². The van der Waals surface area contributed by atoms with Crippen LogP contribution in [0.3, 0.4) is 0 Å². The van der Waals surface area contributed by atoms with E-state index in [4.69, 9.17) is 5.11 Å². The molecule has 0 saturated carbocycles. The second-order valence-electron chi connectivity index (χ2n) is 4.16. The van der Waals surface area contributed by atoms with E-state index in [9.17, 15) is 4.79 Å². The lowest BCUT2D eigenvalue weighted by Gasteiger charge is -2.25. The van der Waals surface area contributed by atoms with E-state index in [1.54, 1.807) is 12.3 Å². The highest BCUT2D eigenvalue weighted by molar-refractivity contribution is 5.78. The van der Waals surface area contributed by atoms with E-state index in [1.807, 2.05) is 13.8 Å². The maximum atomic E-state index is 11.6. The molecular weight excluding hydrogens is 194 g/mol. The SMILES string of the molecule is CC(C)(CCO)NC(=O)Cc1ccn[nH]1. The van der Waals surface area contributed by atoms with Gasteiger partial charge in [-0.1, -0.05) is 0 Å². The zero-order valence-electron chi connectivity index (χ0n) is 9.08. The van der Waals surface area contributed by atoms with E-state index < -0.39 is 0 Å². The lowest BCUT2D eigenvalue weighted by atomic mass is 10.0. The van der Waals surface area contributed by atoms with Crippen LogP contribution in [0.2, 0.25) is 0 Å². The fourth-order valence-corrected chi connectivity index (χ4v) is 1.32. The molecule has 1 rings (SSSR count). The van der Waals surface area contributed by atoms with Crippen molar-refractivity contribution >= 4 is 5.91 Å². The van der Waals surface area contributed by atoms with Crippen LogP contribution in [0.5, 0.6) is 0 Å². The number of rotatable bonds is 5. The first-order valence-electron chi connectivity index (χ1n) is 4.93. The zero-order valence-corrected chi connectivity index (χ0v) is 9.08. The van der Waals surface area contributed by atoms with Gasteiger partial charge in [0.2, 0.25) is 5.91 Å². The molecule has 1 heterocycles. The van der Waals surface area contributed by atoms with Gasteiger partial charge in [-0.2, -0.15) is 5.10 Å². The van der Waals surface area contributed by atoms with Crippen LogP contribution >= 0.6 is 0 Å². The predicted octanol–water partition coefficient (Wildman–Crippen LogP) is 0.229. The first-order chi connectivity index (χ1) is 7.03. The summed E-state index contributed by atoms with van der Waals surface area (Å²) in [4.78, 5) is 11.6. The Labute approximate surface area is 88.9 Å². The van der Waals surface area contributed by atoms with Crippen LogP contribution < -0.4 is 5.32 Å². The zero-order chi connectivity index (χ0) is 11.3. The number of amides is 1. The fraction of sp³-hybridized carbons (Fsp3) is 0.600. The number of carbonyl (C=O) groups is 1. The molecule has 3 N–H and O–H groups in total. The molecule has 1 amide bonds. The van der Waals surface area contributed by atoms with Crippen LogP contribution in [-0.4, -0.2) is 33.4 Å². The summed E-state index contributed by atoms with van der Waals surface area (Å²) in [6.45, 7) is 3.83. The normalized spacial score (nSPS) is 11.4. The summed E-state index contributed by atoms with van der Waals surface area (Å²) in [6, 6.07) is 1.76. The summed E-state index contributed by atoms with van der Waals surface area (Å²) < 4.78 is 0. The second-order valence-corrected chi connectivity index (χ2v) is 4.16. The maximum Gasteiger partial charge on any atom is 0.226 e. The number of aromatic amines is 1. The van der Waals surface area contributed by atoms with E-state index >= 15 is 0 Å². The number of aliphatic hydroxyl groups is 1. The average molecular weight is 211 g/mol. The average Bonchev–Trinajstić information content (AvgIpc) is 2.54. The molecule has 0 unspecified atom stereocenters. The van der Waals surface area contributed by atoms with Crippen LogP contribution in [0.1, 0.15) is 26.0 Å². The second kappa shape index (κ2) is 4.93. The number of nitrogens with zero attached hydrogens (tertiary/aromatic N) is 1. The Morgan fingerprint density at radius 3 is 2.93 bits per heavy atom. The predicted molar refractivity (Wildman–Crippen MR) is 56.2 cm³/mol. The molecule has 0 bridgehead atoms. The molecule has 0 saturated heterocycles. The van der Waals surface area contributed by atoms with Crippen molar-refractivity contribution in [1.29, 1.82) is 0 Å². The van der Waals surface area contributed by atoms with Gasteiger partial charge in [-0.3, -0.25) is 9.89 Å². The van der Waals surface area contributed by atoms with Gasteiger partial charge in [0.15, 0.2) is 0 Å². The molecular formula is C10H17N3O2. The fourth-order valence-electron chi connectivity index (χ4n) is 1.32. The lowest BCUT2D eigenvalue weighted by molar-refractivity contribution is -0.122. The molecule has 0 aliphatic rings. The van der Waals surface area contributed by atoms with Crippen LogP contribution in [0.4, 0.5) is 0 Å². The molecule has 0 aromatic carbocycles. The Bertz CT molecular complexity index is 306. The summed E-state index contributed by atoms with van der Waals surface area (Å²) in [5.74, 6) is -0.0716. The molecule has 5 nitrogen and oxygen atoms in total. The largest absolute Gasteiger partial charge is 0.396 e. The van der Waals surface area contributed by atoms with Crippen molar-refractivity contribution in [2.24, 2.45) is 0 Å². The van der Waals surface area contributed by atoms with Gasteiger partial charge in [-0.05, 0) is 26.3 Å². The minimum atomic E-state index is -0.369. The van der Waals surface area contributed by atoms with Crippen molar-refractivity contribution in [3.8, 4) is 0 Å². The van der Waals surface area contributed by atoms with Crippen LogP contribution in [0.15, 0.2) is 12.3 Å². The molecule has 1 aromatic rings. The number of aromatic nitrogens is 2. The van der Waals surface area contributed by atoms with E-state index in [0.29, 0.717) is 6.42 Å². The third-order valence-electron chi connectivity index (χ3n) is 2.12. The molecule has 0 aliphatic heterocycles. The van der Waals surface area contributed by atoms with Crippen molar-refractivity contribution in [2.45, 2.75) is 32.2 Å². The Morgan fingerprint density at radius 2 is 2.40 bits per heavy atom. The number of aliphatic hydroxyl groups excluding tert-OH is 1. The molecule has 0 aliphatic carbocycles. The van der Waals surface area contributed by atoms with Gasteiger partial charge >= 0.3 is 0 Å². The molecule has 84 valence electrons. The van der Waals surface area contributed by atoms with E-state index in [1.165, 1.54) is 0 Å². The smallest absolute Gasteiger partial charge is 0.226 e. The first-order valence-corrected chi connectivity index (χ1v) is 4.93. The number of H-pyrrole nitrogens is 1. The third-order valence-corrected chi connectivity index (χ3v) is 2.12. The third kappa shape index (κ3) is 4.12. The molecule has 15 heavy (non-hydrogen) atoms. The van der Waals surface area contributed by atoms with Crippen LogP contribution in [-0.2, 0) is 11.2 Å². The Balaban J connectivity index is 2.42.